The molecule has 33 heavy (non-hydrogen) atoms. The molecule has 1 unspecified atom stereocenters. The summed E-state index contributed by atoms with van der Waals surface area (Å²) in [5.41, 5.74) is 2.01. The molecule has 6 nitrogen and oxygen atoms in total. The summed E-state index contributed by atoms with van der Waals surface area (Å²) in [4.78, 5) is 25.9. The molecule has 2 amide bonds. The Labute approximate surface area is 210 Å². The van der Waals surface area contributed by atoms with Crippen LogP contribution in [-0.2, 0) is 16.1 Å². The van der Waals surface area contributed by atoms with Crippen LogP contribution < -0.4 is 10.6 Å². The highest BCUT2D eigenvalue weighted by molar-refractivity contribution is 6.42. The summed E-state index contributed by atoms with van der Waals surface area (Å²) in [7, 11) is 1.40. The van der Waals surface area contributed by atoms with Crippen LogP contribution in [0.1, 0.15) is 43.4 Å². The van der Waals surface area contributed by atoms with Crippen LogP contribution in [0.5, 0.6) is 0 Å². The molecule has 2 aromatic carbocycles. The van der Waals surface area contributed by atoms with Gasteiger partial charge in [0.05, 0.1) is 17.2 Å². The molecule has 0 aromatic heterocycles. The van der Waals surface area contributed by atoms with E-state index >= 15 is 0 Å². The molecular formula is C24H30Cl3N3O3. The Morgan fingerprint density at radius 1 is 0.970 bits per heavy atom. The van der Waals surface area contributed by atoms with Crippen molar-refractivity contribution in [3.63, 3.8) is 0 Å². The largest absolute Gasteiger partial charge is 0.469 e. The number of amides is 2. The number of hydrogen-bond donors (Lipinski definition) is 2. The third kappa shape index (κ3) is 9.80. The van der Waals surface area contributed by atoms with Crippen LogP contribution in [0.25, 0.3) is 0 Å². The number of halogens is 3. The topological polar surface area (TPSA) is 70.7 Å². The van der Waals surface area contributed by atoms with E-state index in [-0.39, 0.29) is 18.0 Å². The molecule has 0 aliphatic carbocycles. The summed E-state index contributed by atoms with van der Waals surface area (Å²) in [6.45, 7) is 4.50. The normalized spacial score (nSPS) is 11.8. The predicted molar refractivity (Wildman–Crippen MR) is 134 cm³/mol. The average molecular weight is 515 g/mol. The summed E-state index contributed by atoms with van der Waals surface area (Å²) in [5, 5.41) is 7.32. The van der Waals surface area contributed by atoms with Crippen molar-refractivity contribution in [2.24, 2.45) is 0 Å². The lowest BCUT2D eigenvalue weighted by Crippen LogP contribution is -2.37. The zero-order valence-corrected chi connectivity index (χ0v) is 21.1. The van der Waals surface area contributed by atoms with Crippen LogP contribution in [0.2, 0.25) is 15.1 Å². The van der Waals surface area contributed by atoms with E-state index in [2.05, 4.69) is 22.5 Å². The van der Waals surface area contributed by atoms with Crippen molar-refractivity contribution in [1.82, 2.24) is 15.5 Å². The summed E-state index contributed by atoms with van der Waals surface area (Å²) in [6.07, 6.45) is 1.83. The number of hydrogen-bond acceptors (Lipinski definition) is 4. The van der Waals surface area contributed by atoms with E-state index in [0.29, 0.717) is 41.0 Å². The fourth-order valence-corrected chi connectivity index (χ4v) is 3.80. The summed E-state index contributed by atoms with van der Waals surface area (Å²) < 4.78 is 4.74. The van der Waals surface area contributed by atoms with Gasteiger partial charge in [0, 0.05) is 37.1 Å². The third-order valence-electron chi connectivity index (χ3n) is 5.30. The quantitative estimate of drug-likeness (QED) is 0.275. The molecule has 0 bridgehead atoms. The van der Waals surface area contributed by atoms with Crippen LogP contribution >= 0.6 is 34.8 Å². The molecule has 0 heterocycles. The van der Waals surface area contributed by atoms with E-state index in [4.69, 9.17) is 39.5 Å². The molecule has 1 atom stereocenters. The number of rotatable bonds is 12. The molecule has 180 valence electrons. The van der Waals surface area contributed by atoms with Crippen LogP contribution in [0, 0.1) is 0 Å². The number of esters is 1. The lowest BCUT2D eigenvalue weighted by molar-refractivity contribution is -0.140. The number of ether oxygens (including phenoxy) is 1. The van der Waals surface area contributed by atoms with E-state index < -0.39 is 0 Å². The molecular weight excluding hydrogens is 485 g/mol. The van der Waals surface area contributed by atoms with Gasteiger partial charge in [0.1, 0.15) is 0 Å². The third-order valence-corrected chi connectivity index (χ3v) is 6.29. The van der Waals surface area contributed by atoms with Crippen molar-refractivity contribution in [3.05, 3.63) is 68.7 Å². The first-order valence-corrected chi connectivity index (χ1v) is 12.0. The number of urea groups is 1. The molecule has 0 spiro atoms. The summed E-state index contributed by atoms with van der Waals surface area (Å²) in [6, 6.07) is 12.9. The molecule has 2 N–H and O–H groups in total. The molecule has 0 saturated heterocycles. The minimum atomic E-state index is -0.246. The molecule has 0 aliphatic rings. The number of nitrogens with zero attached hydrogens (tertiary/aromatic N) is 1. The highest BCUT2D eigenvalue weighted by Crippen LogP contribution is 2.23. The molecule has 0 fully saturated rings. The Kier molecular flexibility index (Phi) is 11.8. The Balaban J connectivity index is 1.81. The zero-order chi connectivity index (χ0) is 24.2. The Morgan fingerprint density at radius 3 is 2.33 bits per heavy atom. The maximum Gasteiger partial charge on any atom is 0.315 e. The Morgan fingerprint density at radius 2 is 1.67 bits per heavy atom. The zero-order valence-electron chi connectivity index (χ0n) is 18.9. The Bertz CT molecular complexity index is 910. The van der Waals surface area contributed by atoms with Crippen molar-refractivity contribution in [3.8, 4) is 0 Å². The maximum absolute atomic E-state index is 12.1. The summed E-state index contributed by atoms with van der Waals surface area (Å²) >= 11 is 17.9. The van der Waals surface area contributed by atoms with Crippen molar-refractivity contribution in [2.75, 3.05) is 26.7 Å². The molecule has 2 aromatic rings. The van der Waals surface area contributed by atoms with Crippen molar-refractivity contribution >= 4 is 46.8 Å². The molecule has 2 rings (SSSR count). The summed E-state index contributed by atoms with van der Waals surface area (Å²) in [5.74, 6) is -0.214. The Hall–Kier alpha value is -1.99. The van der Waals surface area contributed by atoms with Crippen LogP contribution in [0.4, 0.5) is 4.79 Å². The molecule has 9 heteroatoms. The second-order valence-electron chi connectivity index (χ2n) is 7.65. The maximum atomic E-state index is 12.1. The van der Waals surface area contributed by atoms with Gasteiger partial charge in [-0.05, 0) is 61.7 Å². The molecule has 0 aliphatic heterocycles. The minimum absolute atomic E-state index is 0.142. The van der Waals surface area contributed by atoms with E-state index in [9.17, 15) is 9.59 Å². The van der Waals surface area contributed by atoms with Gasteiger partial charge in [0.25, 0.3) is 0 Å². The van der Waals surface area contributed by atoms with Crippen molar-refractivity contribution < 1.29 is 14.3 Å². The van der Waals surface area contributed by atoms with Crippen molar-refractivity contribution in [2.45, 2.75) is 38.8 Å². The highest BCUT2D eigenvalue weighted by Gasteiger charge is 2.16. The van der Waals surface area contributed by atoms with E-state index in [0.717, 1.165) is 30.6 Å². The fourth-order valence-electron chi connectivity index (χ4n) is 3.36. The van der Waals surface area contributed by atoms with Gasteiger partial charge in [-0.3, -0.25) is 9.69 Å². The molecule has 0 radical (unpaired) electrons. The van der Waals surface area contributed by atoms with Gasteiger partial charge < -0.3 is 15.4 Å². The van der Waals surface area contributed by atoms with Gasteiger partial charge in [0.15, 0.2) is 0 Å². The number of carbonyl (C=O) groups is 2. The second-order valence-corrected chi connectivity index (χ2v) is 8.91. The lowest BCUT2D eigenvalue weighted by Gasteiger charge is -2.29. The first-order valence-electron chi connectivity index (χ1n) is 10.8. The monoisotopic (exact) mass is 513 g/mol. The van der Waals surface area contributed by atoms with Gasteiger partial charge in [-0.2, -0.15) is 0 Å². The SMILES string of the molecule is COC(=O)CCCN(CCCNC(=O)NCc1ccc(Cl)c(Cl)c1)C(C)c1ccc(Cl)cc1. The van der Waals surface area contributed by atoms with E-state index in [1.807, 2.05) is 30.3 Å². The predicted octanol–water partition coefficient (Wildman–Crippen LogP) is 5.85. The number of methoxy groups -OCH3 is 1. The highest BCUT2D eigenvalue weighted by atomic mass is 35.5. The fraction of sp³-hybridized carbons (Fsp3) is 0.417. The average Bonchev–Trinajstić information content (AvgIpc) is 2.81. The van der Waals surface area contributed by atoms with Crippen LogP contribution in [0.3, 0.4) is 0 Å². The van der Waals surface area contributed by atoms with Gasteiger partial charge in [-0.25, -0.2) is 4.79 Å². The van der Waals surface area contributed by atoms with Crippen molar-refractivity contribution in [1.29, 1.82) is 0 Å². The van der Waals surface area contributed by atoms with Crippen LogP contribution in [0.15, 0.2) is 42.5 Å². The van der Waals surface area contributed by atoms with E-state index in [1.54, 1.807) is 12.1 Å². The van der Waals surface area contributed by atoms with Gasteiger partial charge in [-0.15, -0.1) is 0 Å². The lowest BCUT2D eigenvalue weighted by atomic mass is 10.1. The second kappa shape index (κ2) is 14.3. The van der Waals surface area contributed by atoms with Gasteiger partial charge in [0.2, 0.25) is 0 Å². The first kappa shape index (κ1) is 27.3. The number of benzene rings is 2. The minimum Gasteiger partial charge on any atom is -0.469 e. The number of nitrogens with one attached hydrogen (secondary N) is 2. The standard InChI is InChI=1S/C24H30Cl3N3O3/c1-17(19-7-9-20(25)10-8-19)30(13-3-5-23(31)33-2)14-4-12-28-24(32)29-16-18-6-11-21(26)22(27)15-18/h6-11,15,17H,3-5,12-14,16H2,1-2H3,(H2,28,29,32). The number of carbonyl (C=O) groups excluding carboxylic acids is 2. The van der Waals surface area contributed by atoms with Crippen LogP contribution in [-0.4, -0.2) is 43.6 Å². The smallest absolute Gasteiger partial charge is 0.315 e. The molecule has 0 saturated carbocycles. The first-order chi connectivity index (χ1) is 15.8. The van der Waals surface area contributed by atoms with Gasteiger partial charge >= 0.3 is 12.0 Å². The van der Waals surface area contributed by atoms with E-state index in [1.165, 1.54) is 7.11 Å². The van der Waals surface area contributed by atoms with Gasteiger partial charge in [-0.1, -0.05) is 53.0 Å².